The molecule has 0 spiro atoms. The number of aryl methyl sites for hydroxylation is 2. The highest BCUT2D eigenvalue weighted by Gasteiger charge is 2.31. The van der Waals surface area contributed by atoms with Gasteiger partial charge in [0.15, 0.2) is 5.82 Å². The van der Waals surface area contributed by atoms with Crippen LogP contribution >= 0.6 is 0 Å². The summed E-state index contributed by atoms with van der Waals surface area (Å²) in [5.74, 6) is 1.34. The molecule has 1 N–H and O–H groups in total. The molecule has 1 atom stereocenters. The molecule has 0 aliphatic heterocycles. The number of hydrogen-bond acceptors (Lipinski definition) is 7. The van der Waals surface area contributed by atoms with Gasteiger partial charge in [-0.05, 0) is 76.7 Å². The zero-order valence-electron chi connectivity index (χ0n) is 21.2. The van der Waals surface area contributed by atoms with Crippen LogP contribution in [0.3, 0.4) is 0 Å². The SMILES string of the molecule is COCCn1nnnc1[C@@H](c1cc2cc(C)c(C)cc2[nH]c1=O)N(Cc1ccccc1)Cc1ccco1. The van der Waals surface area contributed by atoms with E-state index in [1.165, 1.54) is 0 Å². The molecule has 190 valence electrons. The van der Waals surface area contributed by atoms with Crippen LogP contribution in [0.25, 0.3) is 10.9 Å². The Kier molecular flexibility index (Phi) is 7.25. The van der Waals surface area contributed by atoms with Gasteiger partial charge in [0.25, 0.3) is 5.56 Å². The van der Waals surface area contributed by atoms with Crippen molar-refractivity contribution >= 4 is 10.9 Å². The molecule has 2 aromatic carbocycles. The van der Waals surface area contributed by atoms with E-state index in [2.05, 4.69) is 50.5 Å². The molecule has 0 aliphatic carbocycles. The number of pyridine rings is 1. The highest BCUT2D eigenvalue weighted by molar-refractivity contribution is 5.81. The zero-order valence-corrected chi connectivity index (χ0v) is 21.2. The maximum atomic E-state index is 13.6. The van der Waals surface area contributed by atoms with Gasteiger partial charge in [0.2, 0.25) is 0 Å². The van der Waals surface area contributed by atoms with Crippen molar-refractivity contribution in [3.8, 4) is 0 Å². The number of benzene rings is 2. The molecule has 0 bridgehead atoms. The first kappa shape index (κ1) is 24.6. The first-order valence-electron chi connectivity index (χ1n) is 12.2. The van der Waals surface area contributed by atoms with Gasteiger partial charge in [0, 0.05) is 24.7 Å². The third-order valence-corrected chi connectivity index (χ3v) is 6.63. The molecule has 0 aliphatic rings. The number of H-pyrrole nitrogens is 1. The summed E-state index contributed by atoms with van der Waals surface area (Å²) in [7, 11) is 1.64. The quantitative estimate of drug-likeness (QED) is 0.308. The standard InChI is InChI=1S/C28H30N6O3/c1-19-14-22-16-24(28(35)29-25(22)15-20(19)2)26(27-30-31-32-34(27)11-13-36-3)33(18-23-10-7-12-37-23)17-21-8-5-4-6-9-21/h4-10,12,14-16,26H,11,13,17-18H2,1-3H3,(H,29,35)/t26-/m1/s1. The number of ether oxygens (including phenoxy) is 1. The van der Waals surface area contributed by atoms with E-state index < -0.39 is 6.04 Å². The fourth-order valence-electron chi connectivity index (χ4n) is 4.60. The summed E-state index contributed by atoms with van der Waals surface area (Å²) >= 11 is 0. The monoisotopic (exact) mass is 498 g/mol. The summed E-state index contributed by atoms with van der Waals surface area (Å²) < 4.78 is 12.7. The van der Waals surface area contributed by atoms with Gasteiger partial charge < -0.3 is 14.1 Å². The second-order valence-electron chi connectivity index (χ2n) is 9.20. The van der Waals surface area contributed by atoms with Crippen LogP contribution in [0, 0.1) is 13.8 Å². The minimum Gasteiger partial charge on any atom is -0.468 e. The highest BCUT2D eigenvalue weighted by Crippen LogP contribution is 2.30. The molecule has 9 nitrogen and oxygen atoms in total. The van der Waals surface area contributed by atoms with Gasteiger partial charge in [0.1, 0.15) is 11.8 Å². The van der Waals surface area contributed by atoms with E-state index in [1.54, 1.807) is 18.1 Å². The molecule has 0 saturated heterocycles. The van der Waals surface area contributed by atoms with Crippen molar-refractivity contribution in [2.45, 2.75) is 39.5 Å². The van der Waals surface area contributed by atoms with E-state index in [0.29, 0.717) is 37.6 Å². The zero-order chi connectivity index (χ0) is 25.8. The summed E-state index contributed by atoms with van der Waals surface area (Å²) in [6.45, 7) is 6.01. The lowest BCUT2D eigenvalue weighted by Gasteiger charge is -2.30. The van der Waals surface area contributed by atoms with E-state index >= 15 is 0 Å². The molecule has 37 heavy (non-hydrogen) atoms. The van der Waals surface area contributed by atoms with Crippen molar-refractivity contribution in [1.82, 2.24) is 30.1 Å². The lowest BCUT2D eigenvalue weighted by Crippen LogP contribution is -2.35. The third kappa shape index (κ3) is 5.37. The van der Waals surface area contributed by atoms with Crippen LogP contribution in [0.5, 0.6) is 0 Å². The number of methoxy groups -OCH3 is 1. The summed E-state index contributed by atoms with van der Waals surface area (Å²) in [5.41, 5.74) is 4.56. The fraction of sp³-hybridized carbons (Fsp3) is 0.286. The predicted molar refractivity (Wildman–Crippen MR) is 140 cm³/mol. The van der Waals surface area contributed by atoms with Crippen LogP contribution in [-0.2, 0) is 24.4 Å². The van der Waals surface area contributed by atoms with Crippen molar-refractivity contribution in [2.75, 3.05) is 13.7 Å². The molecule has 5 rings (SSSR count). The van der Waals surface area contributed by atoms with E-state index in [1.807, 2.05) is 49.4 Å². The van der Waals surface area contributed by atoms with Crippen molar-refractivity contribution in [1.29, 1.82) is 0 Å². The van der Waals surface area contributed by atoms with Crippen molar-refractivity contribution in [2.24, 2.45) is 0 Å². The Balaban J connectivity index is 1.69. The average molecular weight is 499 g/mol. The predicted octanol–water partition coefficient (Wildman–Crippen LogP) is 4.16. The van der Waals surface area contributed by atoms with Gasteiger partial charge >= 0.3 is 0 Å². The minimum absolute atomic E-state index is 0.181. The first-order chi connectivity index (χ1) is 18.0. The van der Waals surface area contributed by atoms with E-state index in [-0.39, 0.29) is 5.56 Å². The van der Waals surface area contributed by atoms with Crippen LogP contribution in [0.2, 0.25) is 0 Å². The molecule has 0 radical (unpaired) electrons. The summed E-state index contributed by atoms with van der Waals surface area (Å²) in [4.78, 5) is 18.9. The van der Waals surface area contributed by atoms with Crippen LogP contribution in [-0.4, -0.2) is 43.8 Å². The lowest BCUT2D eigenvalue weighted by atomic mass is 10.00. The Hall–Kier alpha value is -4.08. The minimum atomic E-state index is -0.549. The second-order valence-corrected chi connectivity index (χ2v) is 9.20. The van der Waals surface area contributed by atoms with Gasteiger partial charge in [-0.3, -0.25) is 9.69 Å². The summed E-state index contributed by atoms with van der Waals surface area (Å²) in [6.07, 6.45) is 1.65. The second kappa shape index (κ2) is 10.9. The van der Waals surface area contributed by atoms with Crippen LogP contribution < -0.4 is 5.56 Å². The molecule has 0 unspecified atom stereocenters. The van der Waals surface area contributed by atoms with Crippen LogP contribution in [0.15, 0.2) is 76.1 Å². The Morgan fingerprint density at radius 1 is 1.05 bits per heavy atom. The molecule has 9 heteroatoms. The highest BCUT2D eigenvalue weighted by atomic mass is 16.5. The maximum absolute atomic E-state index is 13.6. The Morgan fingerprint density at radius 3 is 2.62 bits per heavy atom. The first-order valence-corrected chi connectivity index (χ1v) is 12.2. The normalized spacial score (nSPS) is 12.4. The van der Waals surface area contributed by atoms with Gasteiger partial charge in [-0.2, -0.15) is 0 Å². The van der Waals surface area contributed by atoms with Crippen LogP contribution in [0.1, 0.15) is 39.9 Å². The Labute approximate surface area is 214 Å². The van der Waals surface area contributed by atoms with E-state index in [4.69, 9.17) is 9.15 Å². The molecule has 0 fully saturated rings. The van der Waals surface area contributed by atoms with Crippen molar-refractivity contribution < 1.29 is 9.15 Å². The molecule has 0 saturated carbocycles. The van der Waals surface area contributed by atoms with Gasteiger partial charge in [-0.1, -0.05) is 30.3 Å². The summed E-state index contributed by atoms with van der Waals surface area (Å²) in [6, 6.07) is 19.4. The van der Waals surface area contributed by atoms with Gasteiger partial charge in [0.05, 0.1) is 26.0 Å². The number of nitrogens with one attached hydrogen (secondary N) is 1. The van der Waals surface area contributed by atoms with E-state index in [0.717, 1.165) is 33.4 Å². The smallest absolute Gasteiger partial charge is 0.253 e. The number of hydrogen-bond donors (Lipinski definition) is 1. The third-order valence-electron chi connectivity index (χ3n) is 6.63. The Bertz CT molecular complexity index is 1530. The molecule has 3 aromatic heterocycles. The maximum Gasteiger partial charge on any atom is 0.253 e. The number of nitrogens with zero attached hydrogens (tertiary/aromatic N) is 5. The van der Waals surface area contributed by atoms with Crippen molar-refractivity contribution in [3.05, 3.63) is 111 Å². The molecule has 5 aromatic rings. The topological polar surface area (TPSA) is 102 Å². The largest absolute Gasteiger partial charge is 0.468 e. The number of aromatic amines is 1. The van der Waals surface area contributed by atoms with Crippen molar-refractivity contribution in [3.63, 3.8) is 0 Å². The van der Waals surface area contributed by atoms with Gasteiger partial charge in [-0.15, -0.1) is 5.10 Å². The van der Waals surface area contributed by atoms with Crippen LogP contribution in [0.4, 0.5) is 0 Å². The number of fused-ring (bicyclic) bond motifs is 1. The number of aromatic nitrogens is 5. The molecular weight excluding hydrogens is 468 g/mol. The van der Waals surface area contributed by atoms with Gasteiger partial charge in [-0.25, -0.2) is 4.68 Å². The number of furan rings is 1. The average Bonchev–Trinajstić information content (AvgIpc) is 3.57. The number of tetrazole rings is 1. The molecule has 3 heterocycles. The molecular formula is C28H30N6O3. The van der Waals surface area contributed by atoms with E-state index in [9.17, 15) is 4.79 Å². The Morgan fingerprint density at radius 2 is 1.86 bits per heavy atom. The fourth-order valence-corrected chi connectivity index (χ4v) is 4.60. The summed E-state index contributed by atoms with van der Waals surface area (Å²) in [5, 5.41) is 13.6. The lowest BCUT2D eigenvalue weighted by molar-refractivity contribution is 0.163. The number of rotatable bonds is 10. The molecule has 0 amide bonds.